The summed E-state index contributed by atoms with van der Waals surface area (Å²) in [6.07, 6.45) is 0.148. The molecule has 0 aliphatic rings. The molecule has 25 heavy (non-hydrogen) atoms. The van der Waals surface area contributed by atoms with Crippen LogP contribution in [0.15, 0.2) is 24.3 Å². The molecule has 128 valence electrons. The Morgan fingerprint density at radius 1 is 0.920 bits per heavy atom. The van der Waals surface area contributed by atoms with Crippen LogP contribution in [0.2, 0.25) is 0 Å². The van der Waals surface area contributed by atoms with Crippen molar-refractivity contribution in [2.24, 2.45) is 0 Å². The first-order chi connectivity index (χ1) is 11.2. The Hall–Kier alpha value is -1.06. The second-order valence-corrected chi connectivity index (χ2v) is 7.78. The van der Waals surface area contributed by atoms with Crippen molar-refractivity contribution in [2.45, 2.75) is 54.6 Å². The van der Waals surface area contributed by atoms with E-state index in [2.05, 4.69) is 19.9 Å². The van der Waals surface area contributed by atoms with Gasteiger partial charge in [-0.25, -0.2) is 0 Å². The van der Waals surface area contributed by atoms with E-state index in [9.17, 15) is 4.79 Å². The normalized spacial score (nSPS) is 11.0. The summed E-state index contributed by atoms with van der Waals surface area (Å²) < 4.78 is 5.72. The summed E-state index contributed by atoms with van der Waals surface area (Å²) in [4.78, 5) is 12.9. The molecule has 0 aliphatic carbocycles. The third kappa shape index (κ3) is 5.21. The molecule has 0 N–H and O–H groups in total. The van der Waals surface area contributed by atoms with Crippen LogP contribution in [0.4, 0.5) is 0 Å². The second kappa shape index (κ2) is 9.04. The number of benzene rings is 2. The molecule has 0 saturated heterocycles. The van der Waals surface area contributed by atoms with E-state index in [1.54, 1.807) is 0 Å². The van der Waals surface area contributed by atoms with Crippen molar-refractivity contribution in [1.29, 1.82) is 0 Å². The summed E-state index contributed by atoms with van der Waals surface area (Å²) >= 11 is 0. The van der Waals surface area contributed by atoms with Gasteiger partial charge < -0.3 is 18.1 Å². The second-order valence-electron chi connectivity index (χ2n) is 6.67. The predicted octanol–water partition coefficient (Wildman–Crippen LogP) is 2.43. The van der Waals surface area contributed by atoms with Crippen molar-refractivity contribution >= 4 is 19.4 Å². The van der Waals surface area contributed by atoms with Crippen LogP contribution in [0.5, 0.6) is 5.75 Å². The molecule has 0 aliphatic heterocycles. The van der Waals surface area contributed by atoms with Crippen molar-refractivity contribution in [3.8, 4) is 5.75 Å². The first kappa shape index (κ1) is 22.0. The number of carbonyl (C=O) groups is 1. The number of aryl methyl sites for hydroxylation is 3. The zero-order chi connectivity index (χ0) is 18.0. The van der Waals surface area contributed by atoms with Gasteiger partial charge in [-0.3, -0.25) is 0 Å². The number of hydrogen-bond donors (Lipinski definition) is 0. The van der Waals surface area contributed by atoms with Gasteiger partial charge in [-0.1, -0.05) is 17.7 Å². The average Bonchev–Trinajstić information content (AvgIpc) is 2.47. The Balaban J connectivity index is 0.00000312. The first-order valence-electron chi connectivity index (χ1n) is 8.31. The van der Waals surface area contributed by atoms with Gasteiger partial charge in [-0.2, -0.15) is 5.30 Å². The van der Waals surface area contributed by atoms with Crippen LogP contribution in [0.3, 0.4) is 0 Å². The maximum atomic E-state index is 12.9. The summed E-state index contributed by atoms with van der Waals surface area (Å²) in [6.45, 7) is 14.3. The minimum atomic E-state index is 0. The van der Waals surface area contributed by atoms with Crippen molar-refractivity contribution in [3.05, 3.63) is 57.6 Å². The van der Waals surface area contributed by atoms with E-state index >= 15 is 0 Å². The fraction of sp³-hybridized carbons (Fsp3) is 0.381. The van der Waals surface area contributed by atoms with Gasteiger partial charge in [0.05, 0.1) is 6.10 Å². The van der Waals surface area contributed by atoms with Crippen LogP contribution < -0.4 is 28.9 Å². The first-order valence-corrected chi connectivity index (χ1v) is 9.21. The van der Waals surface area contributed by atoms with Crippen molar-refractivity contribution in [2.75, 3.05) is 0 Å². The molecule has 0 unspecified atom stereocenters. The Morgan fingerprint density at radius 3 is 2.12 bits per heavy atom. The Bertz CT molecular complexity index is 782. The van der Waals surface area contributed by atoms with E-state index in [0.29, 0.717) is 0 Å². The van der Waals surface area contributed by atoms with E-state index in [4.69, 9.17) is 4.74 Å². The van der Waals surface area contributed by atoms with Gasteiger partial charge in [0.2, 0.25) is 0 Å². The van der Waals surface area contributed by atoms with Crippen molar-refractivity contribution in [3.63, 3.8) is 0 Å². The molecule has 2 rings (SSSR count). The van der Waals surface area contributed by atoms with Crippen LogP contribution in [0.1, 0.15) is 52.0 Å². The average molecular weight is 348 g/mol. The molecule has 0 atom stereocenters. The zero-order valence-corrected chi connectivity index (χ0v) is 17.5. The molecule has 0 bridgehead atoms. The molecule has 0 radical (unpaired) electrons. The maximum Gasteiger partial charge on any atom is 1.00 e. The largest absolute Gasteiger partial charge is 1.00 e. The topological polar surface area (TPSA) is 26.3 Å². The standard InChI is InChI=1S/C21H26O2P.Li/c1-12(2)23-18-8-9-19(14(4)11-18)24-21(22)20-15(5)10-13(3)16(6)17(20)7;/h8-12H,1-7H3;/q-1;+1. The van der Waals surface area contributed by atoms with E-state index in [-0.39, 0.29) is 30.5 Å². The molecule has 2 aromatic rings. The van der Waals surface area contributed by atoms with Crippen LogP contribution in [0.25, 0.3) is 0 Å². The van der Waals surface area contributed by atoms with Crippen LogP contribution in [-0.4, -0.2) is 11.6 Å². The fourth-order valence-electron chi connectivity index (χ4n) is 2.88. The SMILES string of the molecule is Cc1cc(OC(C)C)ccc1[P-]C(=O)c1c(C)cc(C)c(C)c1C.[Li+]. The number of rotatable bonds is 5. The quantitative estimate of drug-likeness (QED) is 0.613. The van der Waals surface area contributed by atoms with Gasteiger partial charge in [0.1, 0.15) is 5.75 Å². The third-order valence-corrected chi connectivity index (χ3v) is 5.50. The fourth-order valence-corrected chi connectivity index (χ4v) is 3.94. The van der Waals surface area contributed by atoms with Crippen LogP contribution >= 0.6 is 8.58 Å². The molecule has 4 heteroatoms. The summed E-state index contributed by atoms with van der Waals surface area (Å²) in [7, 11) is 0.719. The summed E-state index contributed by atoms with van der Waals surface area (Å²) in [6, 6.07) is 8.06. The molecule has 0 aromatic heterocycles. The molecule has 0 amide bonds. The van der Waals surface area contributed by atoms with E-state index in [0.717, 1.165) is 41.9 Å². The Morgan fingerprint density at radius 2 is 1.56 bits per heavy atom. The van der Waals surface area contributed by atoms with Gasteiger partial charge >= 0.3 is 18.9 Å². The van der Waals surface area contributed by atoms with Gasteiger partial charge in [-0.15, -0.1) is 0 Å². The monoisotopic (exact) mass is 348 g/mol. The molecule has 0 saturated carbocycles. The number of carbonyl (C=O) groups excluding carboxylic acids is 1. The van der Waals surface area contributed by atoms with Gasteiger partial charge in [-0.05, 0) is 88.4 Å². The molecular weight excluding hydrogens is 322 g/mol. The summed E-state index contributed by atoms with van der Waals surface area (Å²) in [5, 5.41) is 1.04. The Labute approximate surface area is 165 Å². The molecular formula is C21H26LiO2P. The summed E-state index contributed by atoms with van der Waals surface area (Å²) in [5.74, 6) is 0.854. The zero-order valence-electron chi connectivity index (χ0n) is 16.7. The number of hydrogen-bond acceptors (Lipinski definition) is 2. The van der Waals surface area contributed by atoms with Gasteiger partial charge in [0.15, 0.2) is 0 Å². The molecule has 0 heterocycles. The molecule has 2 nitrogen and oxygen atoms in total. The maximum absolute atomic E-state index is 12.9. The number of ether oxygens (including phenoxy) is 1. The predicted molar refractivity (Wildman–Crippen MR) is 103 cm³/mol. The molecule has 0 fully saturated rings. The smallest absolute Gasteiger partial charge is 0.491 e. The van der Waals surface area contributed by atoms with E-state index in [1.807, 2.05) is 52.8 Å². The Kier molecular flexibility index (Phi) is 7.95. The van der Waals surface area contributed by atoms with Crippen LogP contribution in [0, 0.1) is 34.6 Å². The van der Waals surface area contributed by atoms with E-state index < -0.39 is 0 Å². The van der Waals surface area contributed by atoms with E-state index in [1.165, 1.54) is 11.1 Å². The van der Waals surface area contributed by atoms with Gasteiger partial charge in [0, 0.05) is 5.52 Å². The summed E-state index contributed by atoms with van der Waals surface area (Å²) in [5.41, 5.74) is 6.71. The molecule has 2 aromatic carbocycles. The molecule has 0 spiro atoms. The van der Waals surface area contributed by atoms with Crippen molar-refractivity contribution < 1.29 is 28.4 Å². The van der Waals surface area contributed by atoms with Gasteiger partial charge in [0.25, 0.3) is 0 Å². The third-order valence-electron chi connectivity index (χ3n) is 4.33. The van der Waals surface area contributed by atoms with Crippen LogP contribution in [-0.2, 0) is 0 Å². The van der Waals surface area contributed by atoms with Crippen molar-refractivity contribution in [1.82, 2.24) is 0 Å². The minimum Gasteiger partial charge on any atom is -0.491 e. The minimum absolute atomic E-state index is 0.